The highest BCUT2D eigenvalue weighted by Crippen LogP contribution is 2.26. The first-order valence-corrected chi connectivity index (χ1v) is 15.9. The molecule has 0 fully saturated rings. The van der Waals surface area contributed by atoms with Crippen LogP contribution in [0.3, 0.4) is 0 Å². The smallest absolute Gasteiger partial charge is 0.330 e. The molecule has 1 unspecified atom stereocenters. The molecule has 0 spiro atoms. The third-order valence-electron chi connectivity index (χ3n) is 5.99. The van der Waals surface area contributed by atoms with Crippen LogP contribution < -0.4 is 9.47 Å². The Kier molecular flexibility index (Phi) is 32.9. The summed E-state index contributed by atoms with van der Waals surface area (Å²) >= 11 is 0. The van der Waals surface area contributed by atoms with E-state index in [9.17, 15) is 9.59 Å². The number of hydrogen-bond acceptors (Lipinski definition) is 8. The number of esters is 1. The molecule has 0 amide bonds. The van der Waals surface area contributed by atoms with Crippen molar-refractivity contribution in [2.24, 2.45) is 5.92 Å². The molecule has 48 heavy (non-hydrogen) atoms. The van der Waals surface area contributed by atoms with Crippen LogP contribution in [0.25, 0.3) is 0 Å². The fourth-order valence-electron chi connectivity index (χ4n) is 3.63. The summed E-state index contributed by atoms with van der Waals surface area (Å²) in [6.45, 7) is 18.3. The summed E-state index contributed by atoms with van der Waals surface area (Å²) in [5.41, 5.74) is 3.09. The summed E-state index contributed by atoms with van der Waals surface area (Å²) in [5.74, 6) is 1.44. The number of benzene rings is 1. The SMILES string of the molecule is C1=CCCC(C2=CC=CCC2)=C1.C=C.C=CC(=O)OCCCOc1ccc(OC=O)cc1.C=COC=O.CC1C=CC=CC1.CCCO. The molecule has 0 bridgehead atoms. The molecule has 1 aromatic carbocycles. The summed E-state index contributed by atoms with van der Waals surface area (Å²) in [7, 11) is 0. The molecule has 8 nitrogen and oxygen atoms in total. The van der Waals surface area contributed by atoms with E-state index in [1.165, 1.54) is 32.1 Å². The second-order valence-electron chi connectivity index (χ2n) is 9.73. The second kappa shape index (κ2) is 34.9. The molecular formula is C40H54O8. The van der Waals surface area contributed by atoms with E-state index in [0.717, 1.165) is 24.7 Å². The zero-order chi connectivity index (χ0) is 36.1. The Balaban J connectivity index is 0. The first-order chi connectivity index (χ1) is 23.4. The van der Waals surface area contributed by atoms with E-state index in [2.05, 4.69) is 103 Å². The number of ether oxygens (including phenoxy) is 4. The zero-order valence-corrected chi connectivity index (χ0v) is 28.7. The van der Waals surface area contributed by atoms with Gasteiger partial charge in [-0.1, -0.05) is 87.8 Å². The highest BCUT2D eigenvalue weighted by atomic mass is 16.5. The van der Waals surface area contributed by atoms with Gasteiger partial charge in [0.25, 0.3) is 12.9 Å². The Bertz CT molecular complexity index is 1150. The van der Waals surface area contributed by atoms with Crippen LogP contribution in [0.5, 0.6) is 11.5 Å². The number of aliphatic hydroxyl groups is 1. The number of carbonyl (C=O) groups excluding carboxylic acids is 3. The van der Waals surface area contributed by atoms with Crippen molar-refractivity contribution in [1.82, 2.24) is 0 Å². The minimum atomic E-state index is -0.439. The van der Waals surface area contributed by atoms with Crippen LogP contribution in [0.15, 0.2) is 135 Å². The Morgan fingerprint density at radius 2 is 1.46 bits per heavy atom. The summed E-state index contributed by atoms with van der Waals surface area (Å²) in [5, 5.41) is 7.88. The van der Waals surface area contributed by atoms with Crippen molar-refractivity contribution in [3.05, 3.63) is 135 Å². The molecule has 3 aliphatic rings. The lowest BCUT2D eigenvalue weighted by atomic mass is 9.92. The predicted molar refractivity (Wildman–Crippen MR) is 195 cm³/mol. The third-order valence-corrected chi connectivity index (χ3v) is 5.99. The lowest BCUT2D eigenvalue weighted by Crippen LogP contribution is -2.06. The Hall–Kier alpha value is -4.95. The molecule has 8 heteroatoms. The van der Waals surface area contributed by atoms with Gasteiger partial charge in [-0.25, -0.2) is 4.79 Å². The zero-order valence-electron chi connectivity index (χ0n) is 28.7. The largest absolute Gasteiger partial charge is 0.493 e. The van der Waals surface area contributed by atoms with E-state index in [0.29, 0.717) is 44.1 Å². The van der Waals surface area contributed by atoms with Crippen LogP contribution in [0.4, 0.5) is 0 Å². The predicted octanol–water partition coefficient (Wildman–Crippen LogP) is 8.89. The highest BCUT2D eigenvalue weighted by molar-refractivity contribution is 5.81. The first-order valence-electron chi connectivity index (χ1n) is 15.9. The van der Waals surface area contributed by atoms with Gasteiger partial charge in [-0.15, -0.1) is 13.2 Å². The topological polar surface area (TPSA) is 108 Å². The van der Waals surface area contributed by atoms with Crippen molar-refractivity contribution < 1.29 is 38.4 Å². The third kappa shape index (κ3) is 27.4. The normalized spacial score (nSPS) is 14.4. The molecule has 0 saturated heterocycles. The maximum absolute atomic E-state index is 10.7. The molecule has 1 aromatic rings. The minimum Gasteiger partial charge on any atom is -0.493 e. The van der Waals surface area contributed by atoms with Crippen LogP contribution >= 0.6 is 0 Å². The Morgan fingerprint density at radius 1 is 0.875 bits per heavy atom. The number of hydrogen-bond donors (Lipinski definition) is 1. The minimum absolute atomic E-state index is 0.289. The van der Waals surface area contributed by atoms with Crippen molar-refractivity contribution in [2.75, 3.05) is 19.8 Å². The summed E-state index contributed by atoms with van der Waals surface area (Å²) in [6.07, 6.45) is 31.7. The van der Waals surface area contributed by atoms with Crippen LogP contribution in [0, 0.1) is 5.92 Å². The average Bonchev–Trinajstić information content (AvgIpc) is 3.15. The molecule has 0 aromatic heterocycles. The lowest BCUT2D eigenvalue weighted by Gasteiger charge is -2.14. The molecule has 1 N–H and O–H groups in total. The van der Waals surface area contributed by atoms with Gasteiger partial charge in [0, 0.05) is 19.1 Å². The summed E-state index contributed by atoms with van der Waals surface area (Å²) in [6, 6.07) is 6.63. The van der Waals surface area contributed by atoms with Gasteiger partial charge in [0.15, 0.2) is 0 Å². The fourth-order valence-corrected chi connectivity index (χ4v) is 3.63. The van der Waals surface area contributed by atoms with Gasteiger partial charge in [0.2, 0.25) is 0 Å². The maximum Gasteiger partial charge on any atom is 0.330 e. The monoisotopic (exact) mass is 662 g/mol. The molecule has 3 aliphatic carbocycles. The molecule has 0 heterocycles. The van der Waals surface area contributed by atoms with E-state index in [4.69, 9.17) is 19.4 Å². The van der Waals surface area contributed by atoms with Gasteiger partial charge in [-0.2, -0.15) is 0 Å². The van der Waals surface area contributed by atoms with E-state index < -0.39 is 5.97 Å². The van der Waals surface area contributed by atoms with E-state index >= 15 is 0 Å². The van der Waals surface area contributed by atoms with Crippen molar-refractivity contribution in [3.63, 3.8) is 0 Å². The van der Waals surface area contributed by atoms with E-state index in [1.54, 1.807) is 35.4 Å². The molecule has 1 atom stereocenters. The van der Waals surface area contributed by atoms with E-state index in [1.807, 2.05) is 6.92 Å². The quantitative estimate of drug-likeness (QED) is 0.0590. The van der Waals surface area contributed by atoms with Gasteiger partial charge in [0.05, 0.1) is 19.5 Å². The van der Waals surface area contributed by atoms with Gasteiger partial charge in [-0.3, -0.25) is 9.59 Å². The van der Waals surface area contributed by atoms with Gasteiger partial charge in [-0.05, 0) is 79.9 Å². The fraction of sp³-hybridized carbons (Fsp3) is 0.325. The van der Waals surface area contributed by atoms with Crippen LogP contribution in [-0.2, 0) is 23.9 Å². The molecular weight excluding hydrogens is 608 g/mol. The molecule has 0 radical (unpaired) electrons. The lowest BCUT2D eigenvalue weighted by molar-refractivity contribution is -0.138. The van der Waals surface area contributed by atoms with Crippen LogP contribution in [0.1, 0.15) is 58.8 Å². The average molecular weight is 663 g/mol. The summed E-state index contributed by atoms with van der Waals surface area (Å²) in [4.78, 5) is 29.9. The number of carbonyl (C=O) groups is 3. The van der Waals surface area contributed by atoms with Crippen molar-refractivity contribution in [3.8, 4) is 11.5 Å². The van der Waals surface area contributed by atoms with Gasteiger partial charge < -0.3 is 24.1 Å². The Morgan fingerprint density at radius 3 is 1.81 bits per heavy atom. The maximum atomic E-state index is 10.7. The van der Waals surface area contributed by atoms with Gasteiger partial charge >= 0.3 is 5.97 Å². The van der Waals surface area contributed by atoms with Gasteiger partial charge in [0.1, 0.15) is 11.5 Å². The summed E-state index contributed by atoms with van der Waals surface area (Å²) < 4.78 is 18.7. The molecule has 0 aliphatic heterocycles. The molecule has 0 saturated carbocycles. The van der Waals surface area contributed by atoms with Crippen molar-refractivity contribution in [2.45, 2.75) is 58.8 Å². The molecule has 262 valence electrons. The molecule has 4 rings (SSSR count). The standard InChI is InChI=1S/C13H14O5.C12H14.C7H10.C3H4O2.C3H8O.C2H4/c1-2-13(15)17-9-3-8-16-11-4-6-12(7-5-11)18-10-14;1-3-7-11(8-4-1)12-9-5-2-6-10-12;1-7-5-3-2-4-6-7;1-2-5-3-4;1-2-3-4;1-2/h2,4-7,10H,1,3,8-9H2;1-3,5,7,9H,4,6,8,10H2;2-5,7H,6H2,1H3;2-3H,1H2;4H,2-3H2,1H3;1-2H2. The van der Waals surface area contributed by atoms with Crippen LogP contribution in [0.2, 0.25) is 0 Å². The number of rotatable bonds is 12. The highest BCUT2D eigenvalue weighted by Gasteiger charge is 2.06. The number of aliphatic hydroxyl groups excluding tert-OH is 1. The number of allylic oxidation sites excluding steroid dienone is 12. The van der Waals surface area contributed by atoms with E-state index in [-0.39, 0.29) is 6.61 Å². The first kappa shape index (κ1) is 45.2. The van der Waals surface area contributed by atoms with Crippen LogP contribution in [-0.4, -0.2) is 43.8 Å². The van der Waals surface area contributed by atoms with Crippen molar-refractivity contribution >= 4 is 18.9 Å². The second-order valence-corrected chi connectivity index (χ2v) is 9.73. The van der Waals surface area contributed by atoms with Crippen molar-refractivity contribution in [1.29, 1.82) is 0 Å². The Labute approximate surface area is 287 Å².